The average Bonchev–Trinajstić information content (AvgIpc) is 2.88. The van der Waals surface area contributed by atoms with E-state index < -0.39 is 42.1 Å². The van der Waals surface area contributed by atoms with E-state index >= 15 is 0 Å². The molecule has 4 atom stereocenters. The third-order valence-electron chi connectivity index (χ3n) is 4.84. The molecule has 154 valence electrons. The molecule has 0 aromatic rings. The Morgan fingerprint density at radius 3 is 2.68 bits per heavy atom. The van der Waals surface area contributed by atoms with Gasteiger partial charge in [-0.05, 0) is 25.8 Å². The van der Waals surface area contributed by atoms with Crippen LogP contribution in [0, 0.1) is 11.8 Å². The van der Waals surface area contributed by atoms with Crippen molar-refractivity contribution in [1.29, 1.82) is 0 Å². The van der Waals surface area contributed by atoms with Gasteiger partial charge in [0.1, 0.15) is 18.8 Å². The Hall–Kier alpha value is -2.41. The van der Waals surface area contributed by atoms with Crippen molar-refractivity contribution in [2.75, 3.05) is 6.61 Å². The molecule has 1 saturated heterocycles. The van der Waals surface area contributed by atoms with Gasteiger partial charge < -0.3 is 19.3 Å². The Morgan fingerprint density at radius 1 is 1.39 bits per heavy atom. The van der Waals surface area contributed by atoms with E-state index in [9.17, 15) is 19.5 Å². The predicted octanol–water partition coefficient (Wildman–Crippen LogP) is 2.24. The second-order valence-electron chi connectivity index (χ2n) is 7.53. The van der Waals surface area contributed by atoms with Crippen LogP contribution in [0.5, 0.6) is 0 Å². The Balaban J connectivity index is 2.40. The highest BCUT2D eigenvalue weighted by Crippen LogP contribution is 2.35. The molecule has 7 nitrogen and oxygen atoms in total. The Morgan fingerprint density at radius 2 is 2.07 bits per heavy atom. The van der Waals surface area contributed by atoms with Gasteiger partial charge in [-0.3, -0.25) is 9.59 Å². The molecule has 0 spiro atoms. The first-order valence-corrected chi connectivity index (χ1v) is 9.39. The van der Waals surface area contributed by atoms with Gasteiger partial charge in [-0.25, -0.2) is 4.79 Å². The maximum Gasteiger partial charge on any atom is 0.334 e. The summed E-state index contributed by atoms with van der Waals surface area (Å²) in [5.41, 5.74) is 1.58. The number of hydrogen-bond donors (Lipinski definition) is 1. The van der Waals surface area contributed by atoms with Crippen molar-refractivity contribution in [3.8, 4) is 0 Å². The number of esters is 3. The van der Waals surface area contributed by atoms with Crippen molar-refractivity contribution in [3.63, 3.8) is 0 Å². The van der Waals surface area contributed by atoms with Gasteiger partial charge in [0.2, 0.25) is 0 Å². The maximum absolute atomic E-state index is 12.0. The summed E-state index contributed by atoms with van der Waals surface area (Å²) in [7, 11) is 0. The number of aliphatic hydroxyl groups excluding tert-OH is 1. The average molecular weight is 392 g/mol. The zero-order chi connectivity index (χ0) is 21.0. The van der Waals surface area contributed by atoms with Crippen LogP contribution in [-0.4, -0.2) is 47.9 Å². The van der Waals surface area contributed by atoms with Crippen molar-refractivity contribution in [2.24, 2.45) is 11.8 Å². The molecule has 7 heteroatoms. The van der Waals surface area contributed by atoms with Gasteiger partial charge >= 0.3 is 17.9 Å². The van der Waals surface area contributed by atoms with Gasteiger partial charge in [0, 0.05) is 18.1 Å². The molecule has 0 amide bonds. The second kappa shape index (κ2) is 9.19. The molecule has 28 heavy (non-hydrogen) atoms. The lowest BCUT2D eigenvalue weighted by molar-refractivity contribution is -0.154. The van der Waals surface area contributed by atoms with E-state index in [0.29, 0.717) is 18.4 Å². The van der Waals surface area contributed by atoms with E-state index in [1.165, 1.54) is 6.92 Å². The molecule has 4 unspecified atom stereocenters. The summed E-state index contributed by atoms with van der Waals surface area (Å²) in [6.45, 7) is 10.2. The number of ether oxygens (including phenoxy) is 3. The van der Waals surface area contributed by atoms with Crippen molar-refractivity contribution >= 4 is 17.9 Å². The van der Waals surface area contributed by atoms with Crippen molar-refractivity contribution < 1.29 is 33.7 Å². The molecule has 0 aromatic heterocycles. The van der Waals surface area contributed by atoms with E-state index in [2.05, 4.69) is 6.58 Å². The lowest BCUT2D eigenvalue weighted by atomic mass is 9.84. The van der Waals surface area contributed by atoms with Crippen LogP contribution < -0.4 is 0 Å². The van der Waals surface area contributed by atoms with Crippen molar-refractivity contribution in [3.05, 3.63) is 35.5 Å². The first-order valence-electron chi connectivity index (χ1n) is 9.39. The number of carbonyl (C=O) groups excluding carboxylic acids is 3. The quantitative estimate of drug-likeness (QED) is 0.339. The molecule has 1 aliphatic heterocycles. The van der Waals surface area contributed by atoms with Gasteiger partial charge in [0.05, 0.1) is 11.8 Å². The van der Waals surface area contributed by atoms with Crippen LogP contribution >= 0.6 is 0 Å². The zero-order valence-electron chi connectivity index (χ0n) is 16.8. The van der Waals surface area contributed by atoms with E-state index in [-0.39, 0.29) is 18.1 Å². The van der Waals surface area contributed by atoms with Crippen LogP contribution in [-0.2, 0) is 28.6 Å². The first kappa shape index (κ1) is 21.9. The highest BCUT2D eigenvalue weighted by Gasteiger charge is 2.46. The third-order valence-corrected chi connectivity index (χ3v) is 4.84. The molecule has 0 radical (unpaired) electrons. The number of carbonyl (C=O) groups is 3. The Labute approximate surface area is 165 Å². The highest BCUT2D eigenvalue weighted by atomic mass is 16.6. The number of aliphatic hydroxyl groups is 1. The zero-order valence-corrected chi connectivity index (χ0v) is 16.8. The van der Waals surface area contributed by atoms with Crippen LogP contribution in [0.1, 0.15) is 40.5 Å². The molecule has 1 fully saturated rings. The SMILES string of the molecule is C=C1C(=O)OC2C=C(C)CCC=C(COC(=O)C(C)C)C(OC(C)=O)C(O)C12. The molecule has 1 heterocycles. The normalized spacial score (nSPS) is 28.1. The van der Waals surface area contributed by atoms with Crippen molar-refractivity contribution in [2.45, 2.75) is 58.8 Å². The largest absolute Gasteiger partial charge is 0.461 e. The molecule has 0 bridgehead atoms. The first-order chi connectivity index (χ1) is 13.1. The summed E-state index contributed by atoms with van der Waals surface area (Å²) in [4.78, 5) is 35.6. The summed E-state index contributed by atoms with van der Waals surface area (Å²) >= 11 is 0. The molecule has 2 aliphatic rings. The highest BCUT2D eigenvalue weighted by molar-refractivity contribution is 5.91. The second-order valence-corrected chi connectivity index (χ2v) is 7.53. The number of rotatable bonds is 4. The topological polar surface area (TPSA) is 99.1 Å². The van der Waals surface area contributed by atoms with Gasteiger partial charge in [-0.1, -0.05) is 32.1 Å². The fourth-order valence-corrected chi connectivity index (χ4v) is 3.30. The summed E-state index contributed by atoms with van der Waals surface area (Å²) in [5, 5.41) is 11.0. The van der Waals surface area contributed by atoms with E-state index in [1.807, 2.05) is 13.0 Å². The lowest BCUT2D eigenvalue weighted by Gasteiger charge is -2.31. The standard InChI is InChI=1S/C21H28O7/c1-11(2)20(24)26-10-15-8-6-7-12(3)9-16-17(13(4)21(25)28-16)18(23)19(15)27-14(5)22/h8-9,11,16-19,23H,4,6-7,10H2,1-3,5H3. The van der Waals surface area contributed by atoms with E-state index in [4.69, 9.17) is 14.2 Å². The summed E-state index contributed by atoms with van der Waals surface area (Å²) in [5.74, 6) is -2.66. The lowest BCUT2D eigenvalue weighted by Crippen LogP contribution is -2.42. The summed E-state index contributed by atoms with van der Waals surface area (Å²) in [6.07, 6.45) is 1.83. The number of allylic oxidation sites excluding steroid dienone is 2. The third kappa shape index (κ3) is 5.10. The summed E-state index contributed by atoms with van der Waals surface area (Å²) in [6, 6.07) is 0. The maximum atomic E-state index is 12.0. The molecule has 0 saturated carbocycles. The summed E-state index contributed by atoms with van der Waals surface area (Å²) < 4.78 is 16.0. The van der Waals surface area contributed by atoms with Crippen LogP contribution in [0.2, 0.25) is 0 Å². The van der Waals surface area contributed by atoms with E-state index in [0.717, 1.165) is 5.57 Å². The predicted molar refractivity (Wildman–Crippen MR) is 101 cm³/mol. The Kier molecular flexibility index (Phi) is 7.18. The van der Waals surface area contributed by atoms with E-state index in [1.54, 1.807) is 19.9 Å². The smallest absolute Gasteiger partial charge is 0.334 e. The molecule has 2 rings (SSSR count). The van der Waals surface area contributed by atoms with Crippen LogP contribution in [0.25, 0.3) is 0 Å². The minimum atomic E-state index is -1.28. The van der Waals surface area contributed by atoms with Gasteiger partial charge in [-0.15, -0.1) is 0 Å². The molecule has 1 N–H and O–H groups in total. The van der Waals surface area contributed by atoms with Crippen LogP contribution in [0.4, 0.5) is 0 Å². The fraction of sp³-hybridized carbons (Fsp3) is 0.571. The molecule has 1 aliphatic carbocycles. The molecular formula is C21H28O7. The number of fused-ring (bicyclic) bond motifs is 1. The van der Waals surface area contributed by atoms with Crippen LogP contribution in [0.3, 0.4) is 0 Å². The van der Waals surface area contributed by atoms with Gasteiger partial charge in [0.15, 0.2) is 6.10 Å². The number of hydrogen-bond acceptors (Lipinski definition) is 7. The van der Waals surface area contributed by atoms with Gasteiger partial charge in [0.25, 0.3) is 0 Å². The fourth-order valence-electron chi connectivity index (χ4n) is 3.30. The van der Waals surface area contributed by atoms with Crippen molar-refractivity contribution in [1.82, 2.24) is 0 Å². The minimum absolute atomic E-state index is 0.118. The molecular weight excluding hydrogens is 364 g/mol. The van der Waals surface area contributed by atoms with Gasteiger partial charge in [-0.2, -0.15) is 0 Å². The van der Waals surface area contributed by atoms with Crippen LogP contribution in [0.15, 0.2) is 35.5 Å². The minimum Gasteiger partial charge on any atom is -0.461 e. The molecule has 0 aromatic carbocycles. The monoisotopic (exact) mass is 392 g/mol. The Bertz CT molecular complexity index is 716.